The Morgan fingerprint density at radius 3 is 2.60 bits per heavy atom. The van der Waals surface area contributed by atoms with Gasteiger partial charge in [0.1, 0.15) is 0 Å². The largest absolute Gasteiger partial charge is 0.398 e. The quantitative estimate of drug-likeness (QED) is 0.560. The van der Waals surface area contributed by atoms with E-state index in [1.54, 1.807) is 6.08 Å². The molecule has 2 aromatic rings. The van der Waals surface area contributed by atoms with Crippen LogP contribution >= 0.6 is 0 Å². The van der Waals surface area contributed by atoms with Crippen molar-refractivity contribution in [2.45, 2.75) is 0 Å². The van der Waals surface area contributed by atoms with Gasteiger partial charge in [0.2, 0.25) is 0 Å². The Bertz CT molecular complexity index is 562. The molecule has 2 heteroatoms. The first-order valence-electron chi connectivity index (χ1n) is 4.66. The molecule has 2 rings (SSSR count). The lowest BCUT2D eigenvalue weighted by molar-refractivity contribution is 1.54. The topological polar surface area (TPSA) is 49.8 Å². The lowest BCUT2D eigenvalue weighted by Crippen LogP contribution is -1.87. The highest BCUT2D eigenvalue weighted by Crippen LogP contribution is 2.24. The molecule has 72 valence electrons. The van der Waals surface area contributed by atoms with Crippen LogP contribution in [0.5, 0.6) is 0 Å². The minimum Gasteiger partial charge on any atom is -0.398 e. The van der Waals surface area contributed by atoms with Crippen LogP contribution in [0.2, 0.25) is 0 Å². The molecular formula is C13H10N2. The van der Waals surface area contributed by atoms with Gasteiger partial charge in [-0.15, -0.1) is 0 Å². The number of nitrogens with zero attached hydrogens (tertiary/aromatic N) is 1. The van der Waals surface area contributed by atoms with E-state index in [-0.39, 0.29) is 0 Å². The normalized spacial score (nSPS) is 10.6. The van der Waals surface area contributed by atoms with E-state index in [0.29, 0.717) is 0 Å². The summed E-state index contributed by atoms with van der Waals surface area (Å²) >= 11 is 0. The number of fused-ring (bicyclic) bond motifs is 1. The molecule has 0 radical (unpaired) electrons. The van der Waals surface area contributed by atoms with E-state index in [1.807, 2.05) is 42.5 Å². The Balaban J connectivity index is 2.72. The van der Waals surface area contributed by atoms with Gasteiger partial charge in [0, 0.05) is 17.1 Å². The third-order valence-electron chi connectivity index (χ3n) is 2.33. The SMILES string of the molecule is N#CC=Cc1cccc2c(N)cccc12. The summed E-state index contributed by atoms with van der Waals surface area (Å²) < 4.78 is 0. The predicted molar refractivity (Wildman–Crippen MR) is 63.0 cm³/mol. The second-order valence-electron chi connectivity index (χ2n) is 3.25. The number of anilines is 1. The predicted octanol–water partition coefficient (Wildman–Crippen LogP) is 2.96. The second kappa shape index (κ2) is 3.85. The van der Waals surface area contributed by atoms with Crippen LogP contribution in [-0.2, 0) is 0 Å². The number of rotatable bonds is 1. The van der Waals surface area contributed by atoms with Crippen LogP contribution in [0.25, 0.3) is 16.8 Å². The Morgan fingerprint density at radius 2 is 1.80 bits per heavy atom. The standard InChI is InChI=1S/C13H10N2/c14-9-3-5-10-4-1-7-12-11(10)6-2-8-13(12)15/h1-8H,15H2. The van der Waals surface area contributed by atoms with Gasteiger partial charge in [-0.1, -0.05) is 30.3 Å². The summed E-state index contributed by atoms with van der Waals surface area (Å²) in [5.41, 5.74) is 7.64. The number of allylic oxidation sites excluding steroid dienone is 1. The zero-order valence-corrected chi connectivity index (χ0v) is 8.14. The third-order valence-corrected chi connectivity index (χ3v) is 2.33. The van der Waals surface area contributed by atoms with Gasteiger partial charge in [0.25, 0.3) is 0 Å². The van der Waals surface area contributed by atoms with Gasteiger partial charge in [-0.3, -0.25) is 0 Å². The lowest BCUT2D eigenvalue weighted by atomic mass is 10.0. The third kappa shape index (κ3) is 1.68. The fourth-order valence-corrected chi connectivity index (χ4v) is 1.63. The maximum Gasteiger partial charge on any atom is 0.0912 e. The monoisotopic (exact) mass is 194 g/mol. The highest BCUT2D eigenvalue weighted by atomic mass is 14.5. The minimum absolute atomic E-state index is 0.764. The lowest BCUT2D eigenvalue weighted by Gasteiger charge is -2.04. The van der Waals surface area contributed by atoms with E-state index in [1.165, 1.54) is 6.08 Å². The Morgan fingerprint density at radius 1 is 1.07 bits per heavy atom. The van der Waals surface area contributed by atoms with Crippen LogP contribution < -0.4 is 5.73 Å². The number of hydrogen-bond donors (Lipinski definition) is 1. The van der Waals surface area contributed by atoms with Crippen molar-refractivity contribution < 1.29 is 0 Å². The number of nitrogens with two attached hydrogens (primary N) is 1. The van der Waals surface area contributed by atoms with E-state index in [9.17, 15) is 0 Å². The summed E-state index contributed by atoms with van der Waals surface area (Å²) in [6, 6.07) is 13.7. The highest BCUT2D eigenvalue weighted by Gasteiger charge is 1.99. The Kier molecular flexibility index (Phi) is 2.38. The molecule has 0 atom stereocenters. The molecule has 0 amide bonds. The first-order valence-corrected chi connectivity index (χ1v) is 4.66. The van der Waals surface area contributed by atoms with E-state index >= 15 is 0 Å². The van der Waals surface area contributed by atoms with Crippen LogP contribution in [0.1, 0.15) is 5.56 Å². The molecule has 15 heavy (non-hydrogen) atoms. The molecule has 0 aliphatic rings. The van der Waals surface area contributed by atoms with Gasteiger partial charge in [-0.05, 0) is 23.1 Å². The first kappa shape index (κ1) is 9.29. The molecule has 0 bridgehead atoms. The molecule has 0 saturated carbocycles. The molecule has 2 aromatic carbocycles. The zero-order valence-electron chi connectivity index (χ0n) is 8.14. The van der Waals surface area contributed by atoms with Crippen LogP contribution in [0, 0.1) is 11.3 Å². The van der Waals surface area contributed by atoms with Crippen molar-refractivity contribution in [3.8, 4) is 6.07 Å². The number of nitrogen functional groups attached to an aromatic ring is 1. The van der Waals surface area contributed by atoms with Gasteiger partial charge in [0.15, 0.2) is 0 Å². The Labute approximate surface area is 88.3 Å². The smallest absolute Gasteiger partial charge is 0.0912 e. The molecule has 0 heterocycles. The van der Waals surface area contributed by atoms with Crippen molar-refractivity contribution >= 4 is 22.5 Å². The zero-order chi connectivity index (χ0) is 10.7. The average Bonchev–Trinajstić information content (AvgIpc) is 2.27. The van der Waals surface area contributed by atoms with Crippen LogP contribution in [0.4, 0.5) is 5.69 Å². The van der Waals surface area contributed by atoms with Crippen LogP contribution in [-0.4, -0.2) is 0 Å². The summed E-state index contributed by atoms with van der Waals surface area (Å²) in [6.07, 6.45) is 3.26. The first-order chi connectivity index (χ1) is 7.33. The minimum atomic E-state index is 0.764. The van der Waals surface area contributed by atoms with Gasteiger partial charge in [-0.2, -0.15) is 5.26 Å². The van der Waals surface area contributed by atoms with Crippen molar-refractivity contribution in [1.29, 1.82) is 5.26 Å². The fourth-order valence-electron chi connectivity index (χ4n) is 1.63. The van der Waals surface area contributed by atoms with Crippen LogP contribution in [0.15, 0.2) is 42.5 Å². The summed E-state index contributed by atoms with van der Waals surface area (Å²) in [6.45, 7) is 0. The van der Waals surface area contributed by atoms with Crippen molar-refractivity contribution in [3.63, 3.8) is 0 Å². The summed E-state index contributed by atoms with van der Waals surface area (Å²) in [7, 11) is 0. The van der Waals surface area contributed by atoms with Gasteiger partial charge in [-0.25, -0.2) is 0 Å². The molecule has 0 saturated heterocycles. The van der Waals surface area contributed by atoms with Crippen molar-refractivity contribution in [1.82, 2.24) is 0 Å². The van der Waals surface area contributed by atoms with E-state index < -0.39 is 0 Å². The van der Waals surface area contributed by atoms with E-state index in [0.717, 1.165) is 22.0 Å². The molecule has 0 aliphatic carbocycles. The molecular weight excluding hydrogens is 184 g/mol. The molecule has 2 nitrogen and oxygen atoms in total. The molecule has 0 aromatic heterocycles. The number of nitriles is 1. The summed E-state index contributed by atoms with van der Waals surface area (Å²) in [4.78, 5) is 0. The van der Waals surface area contributed by atoms with Crippen molar-refractivity contribution in [3.05, 3.63) is 48.0 Å². The number of hydrogen-bond acceptors (Lipinski definition) is 2. The van der Waals surface area contributed by atoms with Gasteiger partial charge >= 0.3 is 0 Å². The van der Waals surface area contributed by atoms with E-state index in [2.05, 4.69) is 0 Å². The molecule has 0 spiro atoms. The molecule has 0 unspecified atom stereocenters. The molecule has 0 aliphatic heterocycles. The van der Waals surface area contributed by atoms with Crippen molar-refractivity contribution in [2.75, 3.05) is 5.73 Å². The van der Waals surface area contributed by atoms with Crippen LogP contribution in [0.3, 0.4) is 0 Å². The van der Waals surface area contributed by atoms with Gasteiger partial charge < -0.3 is 5.73 Å². The van der Waals surface area contributed by atoms with Gasteiger partial charge in [0.05, 0.1) is 6.07 Å². The summed E-state index contributed by atoms with van der Waals surface area (Å²) in [5, 5.41) is 10.6. The average molecular weight is 194 g/mol. The van der Waals surface area contributed by atoms with E-state index in [4.69, 9.17) is 11.0 Å². The number of benzene rings is 2. The fraction of sp³-hybridized carbons (Fsp3) is 0. The van der Waals surface area contributed by atoms with Crippen molar-refractivity contribution in [2.24, 2.45) is 0 Å². The molecule has 2 N–H and O–H groups in total. The maximum atomic E-state index is 8.49. The highest BCUT2D eigenvalue weighted by molar-refractivity contribution is 5.98. The maximum absolute atomic E-state index is 8.49. The summed E-state index contributed by atoms with van der Waals surface area (Å²) in [5.74, 6) is 0. The second-order valence-corrected chi connectivity index (χ2v) is 3.25. The Hall–Kier alpha value is -2.27. The molecule has 0 fully saturated rings.